The second-order valence-corrected chi connectivity index (χ2v) is 9.04. The van der Waals surface area contributed by atoms with E-state index in [1.165, 1.54) is 6.07 Å². The number of amides is 1. The van der Waals surface area contributed by atoms with Crippen molar-refractivity contribution in [3.05, 3.63) is 64.3 Å². The molecular formula is C23H19F4NO3S2. The third-order valence-electron chi connectivity index (χ3n) is 5.06. The maximum atomic E-state index is 13.5. The maximum absolute atomic E-state index is 13.5. The van der Waals surface area contributed by atoms with Gasteiger partial charge in [-0.1, -0.05) is 74.1 Å². The van der Waals surface area contributed by atoms with Crippen molar-refractivity contribution >= 4 is 46.3 Å². The Morgan fingerprint density at radius 3 is 2.39 bits per heavy atom. The molecule has 1 fully saturated rings. The minimum atomic E-state index is -4.81. The van der Waals surface area contributed by atoms with Crippen LogP contribution in [0.3, 0.4) is 0 Å². The smallest absolute Gasteiger partial charge is 0.419 e. The monoisotopic (exact) mass is 497 g/mol. The summed E-state index contributed by atoms with van der Waals surface area (Å²) in [5.41, 5.74) is -0.126. The maximum Gasteiger partial charge on any atom is 0.419 e. The summed E-state index contributed by atoms with van der Waals surface area (Å²) < 4.78 is 52.6. The van der Waals surface area contributed by atoms with E-state index in [0.717, 1.165) is 35.2 Å². The lowest BCUT2D eigenvalue weighted by molar-refractivity contribution is -0.145. The number of carbonyl (C=O) groups is 2. The van der Waals surface area contributed by atoms with Crippen LogP contribution in [0.15, 0.2) is 47.4 Å². The Balaban J connectivity index is 1.84. The minimum absolute atomic E-state index is 0.164. The molecular weight excluding hydrogens is 478 g/mol. The number of thiocarbonyl (C=S) groups is 1. The van der Waals surface area contributed by atoms with Crippen molar-refractivity contribution < 1.29 is 32.3 Å². The first-order valence-electron chi connectivity index (χ1n) is 10.00. The Bertz CT molecular complexity index is 1110. The molecule has 1 saturated heterocycles. The number of halogens is 4. The van der Waals surface area contributed by atoms with E-state index < -0.39 is 35.5 Å². The molecule has 0 unspecified atom stereocenters. The molecule has 0 saturated carbocycles. The molecule has 10 heteroatoms. The number of alkyl halides is 3. The molecule has 4 nitrogen and oxygen atoms in total. The van der Waals surface area contributed by atoms with Gasteiger partial charge in [-0.3, -0.25) is 9.69 Å². The van der Waals surface area contributed by atoms with Crippen molar-refractivity contribution in [2.45, 2.75) is 38.4 Å². The second-order valence-electron chi connectivity index (χ2n) is 7.36. The molecule has 0 spiro atoms. The lowest BCUT2D eigenvalue weighted by Gasteiger charge is -2.22. The molecule has 0 aromatic heterocycles. The first-order valence-corrected chi connectivity index (χ1v) is 11.2. The van der Waals surface area contributed by atoms with Gasteiger partial charge in [-0.2, -0.15) is 13.2 Å². The highest BCUT2D eigenvalue weighted by Gasteiger charge is 2.40. The normalized spacial score (nSPS) is 16.5. The van der Waals surface area contributed by atoms with Crippen LogP contribution < -0.4 is 0 Å². The van der Waals surface area contributed by atoms with E-state index in [-0.39, 0.29) is 21.2 Å². The Labute approximate surface area is 197 Å². The summed E-state index contributed by atoms with van der Waals surface area (Å²) in [7, 11) is 0. The predicted molar refractivity (Wildman–Crippen MR) is 123 cm³/mol. The van der Waals surface area contributed by atoms with Gasteiger partial charge in [-0.05, 0) is 41.3 Å². The summed E-state index contributed by atoms with van der Waals surface area (Å²) in [6.07, 6.45) is -1.56. The lowest BCUT2D eigenvalue weighted by atomic mass is 10.0. The SMILES string of the molecule is CCCC[C@@H](C(=O)O)N1C(=O)/C(=C/c2ccc(-c3ccc(F)c(C(F)(F)F)c3)cc2)SC1=S. The van der Waals surface area contributed by atoms with E-state index in [1.54, 1.807) is 30.3 Å². The molecule has 0 bridgehead atoms. The summed E-state index contributed by atoms with van der Waals surface area (Å²) in [6.45, 7) is 1.92. The molecule has 1 aliphatic rings. The average Bonchev–Trinajstić information content (AvgIpc) is 3.01. The molecule has 0 aliphatic carbocycles. The molecule has 1 N–H and O–H groups in total. The van der Waals surface area contributed by atoms with Crippen LogP contribution in [0, 0.1) is 5.82 Å². The Hall–Kier alpha value is -2.72. The summed E-state index contributed by atoms with van der Waals surface area (Å²) in [5, 5.41) is 9.52. The second kappa shape index (κ2) is 10.0. The van der Waals surface area contributed by atoms with Crippen molar-refractivity contribution in [1.29, 1.82) is 0 Å². The summed E-state index contributed by atoms with van der Waals surface area (Å²) in [5.74, 6) is -2.96. The molecule has 1 heterocycles. The molecule has 174 valence electrons. The van der Waals surface area contributed by atoms with Gasteiger partial charge < -0.3 is 5.11 Å². The van der Waals surface area contributed by atoms with E-state index in [4.69, 9.17) is 12.2 Å². The van der Waals surface area contributed by atoms with Gasteiger partial charge in [-0.15, -0.1) is 0 Å². The zero-order chi connectivity index (χ0) is 24.3. The quantitative estimate of drug-likeness (QED) is 0.274. The highest BCUT2D eigenvalue weighted by Crippen LogP contribution is 2.36. The highest BCUT2D eigenvalue weighted by atomic mass is 32.2. The summed E-state index contributed by atoms with van der Waals surface area (Å²) >= 11 is 6.24. The van der Waals surface area contributed by atoms with E-state index in [0.29, 0.717) is 17.5 Å². The van der Waals surface area contributed by atoms with Crippen molar-refractivity contribution in [3.8, 4) is 11.1 Å². The lowest BCUT2D eigenvalue weighted by Crippen LogP contribution is -2.43. The molecule has 1 amide bonds. The van der Waals surface area contributed by atoms with Crippen molar-refractivity contribution in [2.24, 2.45) is 0 Å². The van der Waals surface area contributed by atoms with Gasteiger partial charge in [0, 0.05) is 0 Å². The molecule has 3 rings (SSSR count). The van der Waals surface area contributed by atoms with Gasteiger partial charge in [0.05, 0.1) is 10.5 Å². The van der Waals surface area contributed by atoms with Gasteiger partial charge in [-0.25, -0.2) is 9.18 Å². The Morgan fingerprint density at radius 2 is 1.82 bits per heavy atom. The number of nitrogens with zero attached hydrogens (tertiary/aromatic N) is 1. The Kier molecular flexibility index (Phi) is 7.58. The third kappa shape index (κ3) is 5.62. The zero-order valence-electron chi connectivity index (χ0n) is 17.4. The van der Waals surface area contributed by atoms with E-state index in [2.05, 4.69) is 0 Å². The number of carboxylic acid groups (broad SMARTS) is 1. The number of rotatable bonds is 7. The number of carboxylic acids is 1. The summed E-state index contributed by atoms with van der Waals surface area (Å²) in [4.78, 5) is 25.9. The Morgan fingerprint density at radius 1 is 1.18 bits per heavy atom. The van der Waals surface area contributed by atoms with Gasteiger partial charge in [0.2, 0.25) is 0 Å². The number of benzene rings is 2. The largest absolute Gasteiger partial charge is 0.480 e. The zero-order valence-corrected chi connectivity index (χ0v) is 19.0. The minimum Gasteiger partial charge on any atom is -0.480 e. The number of hydrogen-bond donors (Lipinski definition) is 1. The van der Waals surface area contributed by atoms with E-state index >= 15 is 0 Å². The molecule has 0 radical (unpaired) electrons. The van der Waals surface area contributed by atoms with Gasteiger partial charge in [0.15, 0.2) is 0 Å². The average molecular weight is 498 g/mol. The molecule has 1 aliphatic heterocycles. The molecule has 2 aromatic carbocycles. The van der Waals surface area contributed by atoms with Gasteiger partial charge in [0.1, 0.15) is 16.2 Å². The third-order valence-corrected chi connectivity index (χ3v) is 6.40. The number of thioether (sulfide) groups is 1. The van der Waals surface area contributed by atoms with Crippen LogP contribution >= 0.6 is 24.0 Å². The highest BCUT2D eigenvalue weighted by molar-refractivity contribution is 8.26. The number of hydrogen-bond acceptors (Lipinski definition) is 4. The number of unbranched alkanes of at least 4 members (excludes halogenated alkanes) is 1. The van der Waals surface area contributed by atoms with Crippen LogP contribution in [-0.2, 0) is 15.8 Å². The number of aliphatic carboxylic acids is 1. The fourth-order valence-electron chi connectivity index (χ4n) is 3.35. The predicted octanol–water partition coefficient (Wildman–Crippen LogP) is 6.36. The first kappa shape index (κ1) is 24.9. The van der Waals surface area contributed by atoms with Crippen LogP contribution in [0.25, 0.3) is 17.2 Å². The molecule has 2 aromatic rings. The van der Waals surface area contributed by atoms with Crippen molar-refractivity contribution in [3.63, 3.8) is 0 Å². The van der Waals surface area contributed by atoms with E-state index in [9.17, 15) is 32.3 Å². The van der Waals surface area contributed by atoms with Crippen molar-refractivity contribution in [2.75, 3.05) is 0 Å². The van der Waals surface area contributed by atoms with Gasteiger partial charge in [0.25, 0.3) is 5.91 Å². The van der Waals surface area contributed by atoms with Crippen molar-refractivity contribution in [1.82, 2.24) is 4.90 Å². The van der Waals surface area contributed by atoms with Crippen LogP contribution in [-0.4, -0.2) is 32.2 Å². The standard InChI is InChI=1S/C23H19F4NO3S2/c1-2-3-4-18(21(30)31)28-20(29)19(33-22(28)32)11-13-5-7-14(8-6-13)15-9-10-17(24)16(12-15)23(25,26)27/h5-12,18H,2-4H2,1H3,(H,30,31)/b19-11-/t18-/m0/s1. The first-order chi connectivity index (χ1) is 15.5. The van der Waals surface area contributed by atoms with Gasteiger partial charge >= 0.3 is 12.1 Å². The summed E-state index contributed by atoms with van der Waals surface area (Å²) in [6, 6.07) is 8.06. The number of carbonyl (C=O) groups excluding carboxylic acids is 1. The van der Waals surface area contributed by atoms with E-state index in [1.807, 2.05) is 6.92 Å². The molecule has 33 heavy (non-hydrogen) atoms. The van der Waals surface area contributed by atoms with Crippen LogP contribution in [0.5, 0.6) is 0 Å². The fraction of sp³-hybridized carbons (Fsp3) is 0.261. The van der Waals surface area contributed by atoms with Crippen LogP contribution in [0.4, 0.5) is 17.6 Å². The fourth-order valence-corrected chi connectivity index (χ4v) is 4.71. The molecule has 1 atom stereocenters. The topological polar surface area (TPSA) is 57.6 Å². The van der Waals surface area contributed by atoms with Crippen LogP contribution in [0.1, 0.15) is 37.3 Å². The van der Waals surface area contributed by atoms with Crippen LogP contribution in [0.2, 0.25) is 0 Å².